The minimum absolute atomic E-state index is 0.149. The van der Waals surface area contributed by atoms with Gasteiger partial charge in [-0.05, 0) is 84.9 Å². The molecule has 0 radical (unpaired) electrons. The first-order valence-corrected chi connectivity index (χ1v) is 11.3. The molecule has 0 bridgehead atoms. The van der Waals surface area contributed by atoms with Gasteiger partial charge in [-0.25, -0.2) is 8.78 Å². The van der Waals surface area contributed by atoms with E-state index in [4.69, 9.17) is 23.8 Å². The monoisotopic (exact) mass is 499 g/mol. The zero-order valence-electron chi connectivity index (χ0n) is 17.9. The van der Waals surface area contributed by atoms with Gasteiger partial charge in [-0.1, -0.05) is 23.7 Å². The van der Waals surface area contributed by atoms with Gasteiger partial charge in [0.25, 0.3) is 5.91 Å². The van der Waals surface area contributed by atoms with E-state index in [1.807, 2.05) is 0 Å². The first-order valence-electron chi connectivity index (χ1n) is 10.5. The van der Waals surface area contributed by atoms with Crippen LogP contribution in [0, 0.1) is 11.6 Å². The third-order valence-corrected chi connectivity index (χ3v) is 6.13. The molecule has 0 unspecified atom stereocenters. The Balaban J connectivity index is 1.55. The zero-order chi connectivity index (χ0) is 24.2. The largest absolute Gasteiger partial charge is 0.336 e. The summed E-state index contributed by atoms with van der Waals surface area (Å²) in [4.78, 5) is 29.2. The number of thiocarbonyl (C=S) groups is 1. The molecule has 4 rings (SSSR count). The van der Waals surface area contributed by atoms with E-state index in [1.54, 1.807) is 41.3 Å². The lowest BCUT2D eigenvalue weighted by atomic mass is 10.1. The van der Waals surface area contributed by atoms with Crippen molar-refractivity contribution in [2.75, 3.05) is 16.8 Å². The van der Waals surface area contributed by atoms with E-state index in [1.165, 1.54) is 41.3 Å². The van der Waals surface area contributed by atoms with Crippen molar-refractivity contribution in [2.45, 2.75) is 18.9 Å². The summed E-state index contributed by atoms with van der Waals surface area (Å²) in [5.41, 5.74) is 1.84. The zero-order valence-corrected chi connectivity index (χ0v) is 19.5. The van der Waals surface area contributed by atoms with Crippen LogP contribution in [-0.2, 0) is 16.0 Å². The van der Waals surface area contributed by atoms with E-state index in [0.717, 1.165) is 5.56 Å². The number of amides is 2. The minimum atomic E-state index is -0.830. The van der Waals surface area contributed by atoms with E-state index in [-0.39, 0.29) is 23.3 Å². The van der Waals surface area contributed by atoms with Crippen LogP contribution in [0.15, 0.2) is 72.8 Å². The Bertz CT molecular complexity index is 1200. The van der Waals surface area contributed by atoms with Gasteiger partial charge in [-0.2, -0.15) is 0 Å². The second-order valence-corrected chi connectivity index (χ2v) is 8.58. The van der Waals surface area contributed by atoms with Crippen LogP contribution in [0.3, 0.4) is 0 Å². The quantitative estimate of drug-likeness (QED) is 0.454. The second-order valence-electron chi connectivity index (χ2n) is 7.78. The molecular weight excluding hydrogens is 480 g/mol. The smallest absolute Gasteiger partial charge is 0.256 e. The number of carbonyl (C=O) groups excluding carboxylic acids is 2. The number of halogens is 3. The van der Waals surface area contributed by atoms with E-state index >= 15 is 0 Å². The highest BCUT2D eigenvalue weighted by Gasteiger charge is 2.43. The molecule has 1 N–H and O–H groups in total. The van der Waals surface area contributed by atoms with E-state index in [9.17, 15) is 18.4 Å². The minimum Gasteiger partial charge on any atom is -0.336 e. The molecule has 5 nitrogen and oxygen atoms in total. The number of anilines is 2. The molecule has 174 valence electrons. The summed E-state index contributed by atoms with van der Waals surface area (Å²) in [6.07, 6.45) is 0.349. The predicted octanol–water partition coefficient (Wildman–Crippen LogP) is 5.19. The molecule has 0 aliphatic carbocycles. The molecule has 1 fully saturated rings. The summed E-state index contributed by atoms with van der Waals surface area (Å²) >= 11 is 11.6. The molecule has 1 aliphatic rings. The van der Waals surface area contributed by atoms with Crippen LogP contribution in [0.1, 0.15) is 12.0 Å². The van der Waals surface area contributed by atoms with Crippen LogP contribution in [0.25, 0.3) is 0 Å². The van der Waals surface area contributed by atoms with Gasteiger partial charge < -0.3 is 10.2 Å². The van der Waals surface area contributed by atoms with Gasteiger partial charge in [0, 0.05) is 17.3 Å². The molecule has 9 heteroatoms. The van der Waals surface area contributed by atoms with Gasteiger partial charge in [0.1, 0.15) is 17.7 Å². The molecule has 0 aromatic heterocycles. The standard InChI is InChI=1S/C25H20ClF2N3O2S/c26-17-3-11-21(12-4-17)31-24(33)22(15-23(32)29-20-9-7-19(28)8-10-20)30(25(31)34)14-13-16-1-5-18(27)6-2-16/h1-12,22H,13-15H2,(H,29,32)/t22-/m0/s1. The fraction of sp³-hybridized carbons (Fsp3) is 0.160. The van der Waals surface area contributed by atoms with Crippen LogP contribution >= 0.6 is 23.8 Å². The summed E-state index contributed by atoms with van der Waals surface area (Å²) in [6.45, 7) is 0.356. The molecular formula is C25H20ClF2N3O2S. The average Bonchev–Trinajstić information content (AvgIpc) is 3.04. The summed E-state index contributed by atoms with van der Waals surface area (Å²) in [5, 5.41) is 3.48. The molecule has 3 aromatic carbocycles. The molecule has 0 spiro atoms. The van der Waals surface area contributed by atoms with Crippen molar-refractivity contribution >= 4 is 52.1 Å². The van der Waals surface area contributed by atoms with E-state index in [0.29, 0.717) is 29.4 Å². The summed E-state index contributed by atoms with van der Waals surface area (Å²) in [7, 11) is 0. The third kappa shape index (κ3) is 5.40. The number of nitrogens with zero attached hydrogens (tertiary/aromatic N) is 2. The van der Waals surface area contributed by atoms with Crippen LogP contribution in [-0.4, -0.2) is 34.4 Å². The molecule has 1 saturated heterocycles. The summed E-state index contributed by atoms with van der Waals surface area (Å²) in [6, 6.07) is 17.3. The van der Waals surface area contributed by atoms with E-state index < -0.39 is 17.8 Å². The molecule has 1 heterocycles. The molecule has 1 atom stereocenters. The predicted molar refractivity (Wildman–Crippen MR) is 132 cm³/mol. The number of benzene rings is 3. The maximum Gasteiger partial charge on any atom is 0.256 e. The SMILES string of the molecule is O=C(C[C@H]1C(=O)N(c2ccc(Cl)cc2)C(=S)N1CCc1ccc(F)cc1)Nc1ccc(F)cc1. The van der Waals surface area contributed by atoms with Crippen molar-refractivity contribution in [1.82, 2.24) is 4.90 Å². The van der Waals surface area contributed by atoms with Gasteiger partial charge >= 0.3 is 0 Å². The lowest BCUT2D eigenvalue weighted by Gasteiger charge is -2.24. The Morgan fingerprint density at radius 3 is 2.15 bits per heavy atom. The molecule has 1 aliphatic heterocycles. The average molecular weight is 500 g/mol. The van der Waals surface area contributed by atoms with E-state index in [2.05, 4.69) is 5.32 Å². The Morgan fingerprint density at radius 2 is 1.53 bits per heavy atom. The maximum atomic E-state index is 13.4. The topological polar surface area (TPSA) is 52.7 Å². The fourth-order valence-corrected chi connectivity index (χ4v) is 4.28. The Labute approximate surface area is 205 Å². The molecule has 3 aromatic rings. The van der Waals surface area contributed by atoms with Crippen molar-refractivity contribution in [3.63, 3.8) is 0 Å². The van der Waals surface area contributed by atoms with Gasteiger partial charge in [-0.3, -0.25) is 14.5 Å². The highest BCUT2D eigenvalue weighted by molar-refractivity contribution is 7.80. The highest BCUT2D eigenvalue weighted by Crippen LogP contribution is 2.28. The van der Waals surface area contributed by atoms with Crippen molar-refractivity contribution < 1.29 is 18.4 Å². The number of carbonyl (C=O) groups is 2. The Hall–Kier alpha value is -3.36. The summed E-state index contributed by atoms with van der Waals surface area (Å²) in [5.74, 6) is -1.49. The van der Waals surface area contributed by atoms with Gasteiger partial charge in [0.05, 0.1) is 12.1 Å². The number of hydrogen-bond acceptors (Lipinski definition) is 3. The molecule has 34 heavy (non-hydrogen) atoms. The molecule has 2 amide bonds. The highest BCUT2D eigenvalue weighted by atomic mass is 35.5. The third-order valence-electron chi connectivity index (χ3n) is 5.46. The Morgan fingerprint density at radius 1 is 0.941 bits per heavy atom. The lowest BCUT2D eigenvalue weighted by Crippen LogP contribution is -2.39. The van der Waals surface area contributed by atoms with Crippen molar-refractivity contribution in [3.05, 3.63) is 95.0 Å². The number of nitrogens with one attached hydrogen (secondary N) is 1. The van der Waals surface area contributed by atoms with Crippen LogP contribution in [0.2, 0.25) is 5.02 Å². The number of rotatable bonds is 7. The second kappa shape index (κ2) is 10.3. The molecule has 0 saturated carbocycles. The fourth-order valence-electron chi connectivity index (χ4n) is 3.74. The van der Waals surface area contributed by atoms with Crippen LogP contribution < -0.4 is 10.2 Å². The normalized spacial score (nSPS) is 15.7. The maximum absolute atomic E-state index is 13.4. The lowest BCUT2D eigenvalue weighted by molar-refractivity contribution is -0.124. The Kier molecular flexibility index (Phi) is 7.19. The van der Waals surface area contributed by atoms with Crippen molar-refractivity contribution in [3.8, 4) is 0 Å². The summed E-state index contributed by atoms with van der Waals surface area (Å²) < 4.78 is 26.4. The van der Waals surface area contributed by atoms with Crippen molar-refractivity contribution in [2.24, 2.45) is 0 Å². The van der Waals surface area contributed by atoms with Gasteiger partial charge in [0.2, 0.25) is 5.91 Å². The van der Waals surface area contributed by atoms with Crippen molar-refractivity contribution in [1.29, 1.82) is 0 Å². The first-order chi connectivity index (χ1) is 16.3. The number of hydrogen-bond donors (Lipinski definition) is 1. The van der Waals surface area contributed by atoms with Crippen LogP contribution in [0.4, 0.5) is 20.2 Å². The first kappa shape index (κ1) is 23.8. The van der Waals surface area contributed by atoms with Crippen LogP contribution in [0.5, 0.6) is 0 Å². The van der Waals surface area contributed by atoms with Gasteiger partial charge in [-0.15, -0.1) is 0 Å². The van der Waals surface area contributed by atoms with Gasteiger partial charge in [0.15, 0.2) is 5.11 Å².